The molecule has 1 aromatic heterocycles. The lowest BCUT2D eigenvalue weighted by Gasteiger charge is -2.15. The maximum Gasteiger partial charge on any atom is 0.454 e. The lowest BCUT2D eigenvalue weighted by molar-refractivity contribution is 0.292. The molecule has 5 nitrogen and oxygen atoms in total. The minimum absolute atomic E-state index is 0.178. The Morgan fingerprint density at radius 1 is 1.29 bits per heavy atom. The molecule has 0 bridgehead atoms. The van der Waals surface area contributed by atoms with Gasteiger partial charge in [-0.15, -0.1) is 0 Å². The number of pyridine rings is 1. The number of benzene rings is 1. The Morgan fingerprint density at radius 3 is 2.79 bits per heavy atom. The number of hydrogen-bond donors (Lipinski definition) is 1. The van der Waals surface area contributed by atoms with Gasteiger partial charge >= 0.3 is 7.12 Å². The van der Waals surface area contributed by atoms with Crippen molar-refractivity contribution in [2.75, 3.05) is 20.3 Å². The highest BCUT2D eigenvalue weighted by molar-refractivity contribution is 6.43. The van der Waals surface area contributed by atoms with Crippen LogP contribution in [0.4, 0.5) is 0 Å². The molecule has 1 aliphatic heterocycles. The van der Waals surface area contributed by atoms with Gasteiger partial charge in [-0.1, -0.05) is 0 Å². The molecule has 1 saturated heterocycles. The van der Waals surface area contributed by atoms with E-state index in [-0.39, 0.29) is 5.92 Å². The second kappa shape index (κ2) is 7.24. The molecule has 24 heavy (non-hydrogen) atoms. The molecular formula is C18H22BNO4. The van der Waals surface area contributed by atoms with E-state index in [0.717, 1.165) is 33.8 Å². The van der Waals surface area contributed by atoms with Crippen LogP contribution in [0.15, 0.2) is 30.6 Å². The SMILES string of the molecule is CCOc1cc(-c2cncc([C@@H]3COB(O)C3)c2)c(C)cc1OC. The minimum Gasteiger partial charge on any atom is -0.493 e. The zero-order valence-electron chi connectivity index (χ0n) is 14.3. The van der Waals surface area contributed by atoms with E-state index in [1.165, 1.54) is 0 Å². The number of methoxy groups -OCH3 is 1. The molecular weight excluding hydrogens is 305 g/mol. The van der Waals surface area contributed by atoms with Crippen LogP contribution in [0.3, 0.4) is 0 Å². The lowest BCUT2D eigenvalue weighted by Crippen LogP contribution is -2.07. The van der Waals surface area contributed by atoms with E-state index in [2.05, 4.69) is 11.1 Å². The third-order valence-corrected chi connectivity index (χ3v) is 4.33. The third kappa shape index (κ3) is 3.39. The Labute approximate surface area is 142 Å². The predicted molar refractivity (Wildman–Crippen MR) is 93.6 cm³/mol. The summed E-state index contributed by atoms with van der Waals surface area (Å²) in [6, 6.07) is 6.09. The fourth-order valence-electron chi connectivity index (χ4n) is 3.07. The average molecular weight is 327 g/mol. The first kappa shape index (κ1) is 16.8. The van der Waals surface area contributed by atoms with Crippen LogP contribution >= 0.6 is 0 Å². The summed E-state index contributed by atoms with van der Waals surface area (Å²) >= 11 is 0. The molecule has 6 heteroatoms. The minimum atomic E-state index is -0.675. The smallest absolute Gasteiger partial charge is 0.454 e. The first-order valence-electron chi connectivity index (χ1n) is 8.18. The van der Waals surface area contributed by atoms with Crippen molar-refractivity contribution in [2.45, 2.75) is 26.1 Å². The van der Waals surface area contributed by atoms with Crippen molar-refractivity contribution in [2.24, 2.45) is 0 Å². The predicted octanol–water partition coefficient (Wildman–Crippen LogP) is 3.06. The summed E-state index contributed by atoms with van der Waals surface area (Å²) in [6.45, 7) is 5.10. The number of aryl methyl sites for hydroxylation is 1. The molecule has 1 aliphatic rings. The molecule has 0 unspecified atom stereocenters. The quantitative estimate of drug-likeness (QED) is 0.855. The fourth-order valence-corrected chi connectivity index (χ4v) is 3.07. The van der Waals surface area contributed by atoms with Gasteiger partial charge < -0.3 is 19.2 Å². The van der Waals surface area contributed by atoms with E-state index >= 15 is 0 Å². The zero-order valence-corrected chi connectivity index (χ0v) is 14.3. The Balaban J connectivity index is 1.98. The van der Waals surface area contributed by atoms with Crippen LogP contribution in [0.5, 0.6) is 11.5 Å². The molecule has 1 N–H and O–H groups in total. The molecule has 1 aromatic carbocycles. The fraction of sp³-hybridized carbons (Fsp3) is 0.389. The van der Waals surface area contributed by atoms with Gasteiger partial charge in [0.05, 0.1) is 13.7 Å². The van der Waals surface area contributed by atoms with Crippen molar-refractivity contribution >= 4 is 7.12 Å². The topological polar surface area (TPSA) is 60.8 Å². The molecule has 2 aromatic rings. The van der Waals surface area contributed by atoms with Gasteiger partial charge in [0.2, 0.25) is 0 Å². The second-order valence-electron chi connectivity index (χ2n) is 5.98. The monoisotopic (exact) mass is 327 g/mol. The Morgan fingerprint density at radius 2 is 2.12 bits per heavy atom. The number of hydrogen-bond acceptors (Lipinski definition) is 5. The van der Waals surface area contributed by atoms with E-state index in [1.807, 2.05) is 38.4 Å². The van der Waals surface area contributed by atoms with E-state index in [0.29, 0.717) is 19.5 Å². The van der Waals surface area contributed by atoms with Gasteiger partial charge in [0.25, 0.3) is 0 Å². The number of nitrogens with zero attached hydrogens (tertiary/aromatic N) is 1. The van der Waals surface area contributed by atoms with E-state index in [1.54, 1.807) is 7.11 Å². The van der Waals surface area contributed by atoms with Gasteiger partial charge in [-0.2, -0.15) is 0 Å². The van der Waals surface area contributed by atoms with Crippen LogP contribution < -0.4 is 9.47 Å². The summed E-state index contributed by atoms with van der Waals surface area (Å²) in [5.41, 5.74) is 4.26. The molecule has 126 valence electrons. The molecule has 0 saturated carbocycles. The maximum absolute atomic E-state index is 9.57. The van der Waals surface area contributed by atoms with Gasteiger partial charge in [0, 0.05) is 30.5 Å². The first-order chi connectivity index (χ1) is 11.6. The molecule has 1 atom stereocenters. The van der Waals surface area contributed by atoms with E-state index < -0.39 is 7.12 Å². The normalized spacial score (nSPS) is 17.2. The summed E-state index contributed by atoms with van der Waals surface area (Å²) in [6.07, 6.45) is 4.30. The second-order valence-corrected chi connectivity index (χ2v) is 5.98. The summed E-state index contributed by atoms with van der Waals surface area (Å²) < 4.78 is 16.4. The molecule has 2 heterocycles. The lowest BCUT2D eigenvalue weighted by atomic mass is 9.79. The maximum atomic E-state index is 9.57. The van der Waals surface area contributed by atoms with E-state index in [4.69, 9.17) is 14.1 Å². The van der Waals surface area contributed by atoms with Crippen LogP contribution in [0.2, 0.25) is 6.32 Å². The number of ether oxygens (including phenoxy) is 2. The molecule has 0 aliphatic carbocycles. The van der Waals surface area contributed by atoms with Crippen LogP contribution in [0, 0.1) is 6.92 Å². The van der Waals surface area contributed by atoms with Gasteiger partial charge in [-0.05, 0) is 55.1 Å². The molecule has 1 fully saturated rings. The van der Waals surface area contributed by atoms with Crippen molar-refractivity contribution in [1.82, 2.24) is 4.98 Å². The van der Waals surface area contributed by atoms with Crippen molar-refractivity contribution in [3.05, 3.63) is 41.7 Å². The highest BCUT2D eigenvalue weighted by atomic mass is 16.5. The van der Waals surface area contributed by atoms with Gasteiger partial charge in [0.15, 0.2) is 11.5 Å². The Hall–Kier alpha value is -2.05. The molecule has 3 rings (SSSR count). The van der Waals surface area contributed by atoms with Crippen molar-refractivity contribution < 1.29 is 19.2 Å². The van der Waals surface area contributed by atoms with Crippen molar-refractivity contribution in [3.8, 4) is 22.6 Å². The molecule has 0 spiro atoms. The van der Waals surface area contributed by atoms with Crippen LogP contribution in [-0.2, 0) is 4.65 Å². The standard InChI is InChI=1S/C18H22BNO4/c1-4-23-18-7-16(12(2)5-17(18)22-3)14-6-13(9-20-10-14)15-8-19(21)24-11-15/h5-7,9-10,15,21H,4,8,11H2,1-3H3/t15-/m0/s1. The Bertz CT molecular complexity index is 722. The van der Waals surface area contributed by atoms with Crippen molar-refractivity contribution in [1.29, 1.82) is 0 Å². The summed E-state index contributed by atoms with van der Waals surface area (Å²) in [7, 11) is 0.968. The zero-order chi connectivity index (χ0) is 17.1. The summed E-state index contributed by atoms with van der Waals surface area (Å²) in [5.74, 6) is 1.64. The Kier molecular flexibility index (Phi) is 5.07. The van der Waals surface area contributed by atoms with Crippen LogP contribution in [-0.4, -0.2) is 37.4 Å². The summed E-state index contributed by atoms with van der Waals surface area (Å²) in [4.78, 5) is 4.38. The van der Waals surface area contributed by atoms with Gasteiger partial charge in [0.1, 0.15) is 0 Å². The number of aromatic nitrogens is 1. The first-order valence-corrected chi connectivity index (χ1v) is 8.18. The third-order valence-electron chi connectivity index (χ3n) is 4.33. The average Bonchev–Trinajstić information content (AvgIpc) is 3.03. The highest BCUT2D eigenvalue weighted by Crippen LogP contribution is 2.37. The van der Waals surface area contributed by atoms with Gasteiger partial charge in [-0.25, -0.2) is 0 Å². The van der Waals surface area contributed by atoms with E-state index in [9.17, 15) is 5.02 Å². The number of rotatable bonds is 5. The van der Waals surface area contributed by atoms with Crippen molar-refractivity contribution in [3.63, 3.8) is 0 Å². The highest BCUT2D eigenvalue weighted by Gasteiger charge is 2.30. The largest absolute Gasteiger partial charge is 0.493 e. The summed E-state index contributed by atoms with van der Waals surface area (Å²) in [5, 5.41) is 9.57. The van der Waals surface area contributed by atoms with Crippen LogP contribution in [0.1, 0.15) is 24.0 Å². The van der Waals surface area contributed by atoms with Crippen LogP contribution in [0.25, 0.3) is 11.1 Å². The van der Waals surface area contributed by atoms with Gasteiger partial charge in [-0.3, -0.25) is 4.98 Å². The molecule has 0 radical (unpaired) electrons. The molecule has 0 amide bonds.